The second kappa shape index (κ2) is 4.95. The highest BCUT2D eigenvalue weighted by atomic mass is 16.5. The van der Waals surface area contributed by atoms with Gasteiger partial charge in [0.2, 0.25) is 0 Å². The van der Waals surface area contributed by atoms with Crippen LogP contribution in [0.2, 0.25) is 0 Å². The van der Waals surface area contributed by atoms with Gasteiger partial charge in [0.25, 0.3) is 0 Å². The van der Waals surface area contributed by atoms with Gasteiger partial charge >= 0.3 is 5.97 Å². The predicted octanol–water partition coefficient (Wildman–Crippen LogP) is 0.993. The maximum Gasteiger partial charge on any atom is 0.318 e. The molecule has 2 aliphatic heterocycles. The Morgan fingerprint density at radius 1 is 1.44 bits per heavy atom. The minimum atomic E-state index is -0.519. The molecule has 2 saturated heterocycles. The molecule has 0 spiro atoms. The first-order valence-electron chi connectivity index (χ1n) is 6.17. The summed E-state index contributed by atoms with van der Waals surface area (Å²) < 4.78 is 5.01. The lowest BCUT2D eigenvalue weighted by molar-refractivity contribution is -0.157. The third kappa shape index (κ3) is 2.12. The minimum Gasteiger partial charge on any atom is -0.465 e. The number of hydrogen-bond acceptors (Lipinski definition) is 4. The van der Waals surface area contributed by atoms with Crippen LogP contribution in [0.25, 0.3) is 0 Å². The number of esters is 1. The third-order valence-corrected chi connectivity index (χ3v) is 3.58. The van der Waals surface area contributed by atoms with Gasteiger partial charge in [0.1, 0.15) is 11.7 Å². The van der Waals surface area contributed by atoms with Gasteiger partial charge in [0, 0.05) is 19.0 Å². The predicted molar refractivity (Wildman–Crippen MR) is 59.0 cm³/mol. The maximum absolute atomic E-state index is 11.8. The molecule has 2 heterocycles. The fraction of sp³-hybridized carbons (Fsp3) is 0.833. The van der Waals surface area contributed by atoms with E-state index in [4.69, 9.17) is 4.74 Å². The van der Waals surface area contributed by atoms with E-state index in [0.29, 0.717) is 13.0 Å². The zero-order valence-electron chi connectivity index (χ0n) is 9.78. The highest BCUT2D eigenvalue weighted by Crippen LogP contribution is 2.29. The number of carbonyl (C=O) groups excluding carboxylic acids is 2. The number of nitrogens with zero attached hydrogens (tertiary/aromatic N) is 1. The SMILES string of the molecule is CCOC(=O)[C@H]1C(=O)CCN2CCCC[C@H]12. The van der Waals surface area contributed by atoms with Crippen molar-refractivity contribution in [3.63, 3.8) is 0 Å². The Morgan fingerprint density at radius 2 is 2.25 bits per heavy atom. The van der Waals surface area contributed by atoms with E-state index in [0.717, 1.165) is 25.9 Å². The second-order valence-corrected chi connectivity index (χ2v) is 4.55. The number of ketones is 1. The second-order valence-electron chi connectivity index (χ2n) is 4.55. The van der Waals surface area contributed by atoms with E-state index >= 15 is 0 Å². The highest BCUT2D eigenvalue weighted by Gasteiger charge is 2.43. The van der Waals surface area contributed by atoms with Crippen LogP contribution in [-0.4, -0.2) is 42.4 Å². The number of piperidine rings is 2. The van der Waals surface area contributed by atoms with Gasteiger partial charge in [-0.05, 0) is 26.3 Å². The average Bonchev–Trinajstić information content (AvgIpc) is 2.29. The third-order valence-electron chi connectivity index (χ3n) is 3.58. The molecule has 2 rings (SSSR count). The quantitative estimate of drug-likeness (QED) is 0.519. The molecule has 0 aromatic rings. The smallest absolute Gasteiger partial charge is 0.318 e. The van der Waals surface area contributed by atoms with Gasteiger partial charge in [-0.1, -0.05) is 6.42 Å². The molecule has 90 valence electrons. The molecule has 0 aliphatic carbocycles. The Kier molecular flexibility index (Phi) is 3.59. The fourth-order valence-electron chi connectivity index (χ4n) is 2.82. The number of Topliss-reactive ketones (excluding diaryl/α,β-unsaturated/α-hetero) is 1. The van der Waals surface area contributed by atoms with Crippen LogP contribution in [0, 0.1) is 5.92 Å². The molecule has 16 heavy (non-hydrogen) atoms. The van der Waals surface area contributed by atoms with Crippen molar-refractivity contribution < 1.29 is 14.3 Å². The first-order chi connectivity index (χ1) is 7.74. The Morgan fingerprint density at radius 3 is 3.00 bits per heavy atom. The first kappa shape index (κ1) is 11.6. The number of carbonyl (C=O) groups is 2. The van der Waals surface area contributed by atoms with Gasteiger partial charge in [0.05, 0.1) is 6.61 Å². The van der Waals surface area contributed by atoms with Crippen LogP contribution in [0.1, 0.15) is 32.6 Å². The lowest BCUT2D eigenvalue weighted by Crippen LogP contribution is -2.54. The minimum absolute atomic E-state index is 0.0709. The molecular weight excluding hydrogens is 206 g/mol. The summed E-state index contributed by atoms with van der Waals surface area (Å²) in [4.78, 5) is 25.9. The molecule has 0 aromatic heterocycles. The Balaban J connectivity index is 2.11. The van der Waals surface area contributed by atoms with Crippen molar-refractivity contribution in [2.24, 2.45) is 5.92 Å². The molecule has 2 fully saturated rings. The molecule has 2 aliphatic rings. The number of hydrogen-bond donors (Lipinski definition) is 0. The van der Waals surface area contributed by atoms with Crippen LogP contribution in [0.15, 0.2) is 0 Å². The van der Waals surface area contributed by atoms with E-state index in [-0.39, 0.29) is 17.8 Å². The largest absolute Gasteiger partial charge is 0.465 e. The molecule has 0 amide bonds. The van der Waals surface area contributed by atoms with Crippen molar-refractivity contribution in [1.82, 2.24) is 4.90 Å². The van der Waals surface area contributed by atoms with Crippen LogP contribution < -0.4 is 0 Å². The van der Waals surface area contributed by atoms with Crippen LogP contribution in [0.5, 0.6) is 0 Å². The van der Waals surface area contributed by atoms with Gasteiger partial charge in [-0.15, -0.1) is 0 Å². The van der Waals surface area contributed by atoms with Crippen molar-refractivity contribution in [2.75, 3.05) is 19.7 Å². The summed E-state index contributed by atoms with van der Waals surface area (Å²) in [6.07, 6.45) is 3.75. The number of ether oxygens (including phenoxy) is 1. The maximum atomic E-state index is 11.8. The number of rotatable bonds is 2. The first-order valence-corrected chi connectivity index (χ1v) is 6.17. The Labute approximate surface area is 95.9 Å². The van der Waals surface area contributed by atoms with Crippen LogP contribution in [-0.2, 0) is 14.3 Å². The normalized spacial score (nSPS) is 30.9. The van der Waals surface area contributed by atoms with E-state index in [1.54, 1.807) is 6.92 Å². The van der Waals surface area contributed by atoms with E-state index in [2.05, 4.69) is 4.90 Å². The molecular formula is C12H19NO3. The molecule has 4 heteroatoms. The van der Waals surface area contributed by atoms with Crippen LogP contribution in [0.3, 0.4) is 0 Å². The van der Waals surface area contributed by atoms with E-state index in [1.807, 2.05) is 0 Å². The molecule has 0 radical (unpaired) electrons. The Hall–Kier alpha value is -0.900. The molecule has 0 bridgehead atoms. The lowest BCUT2D eigenvalue weighted by atomic mass is 9.83. The standard InChI is InChI=1S/C12H19NO3/c1-2-16-12(15)11-9-5-3-4-7-13(9)8-6-10(11)14/h9,11H,2-8H2,1H3/t9-,11-/m1/s1. The Bertz CT molecular complexity index is 290. The van der Waals surface area contributed by atoms with E-state index in [9.17, 15) is 9.59 Å². The van der Waals surface area contributed by atoms with Crippen molar-refractivity contribution in [3.8, 4) is 0 Å². The summed E-state index contributed by atoms with van der Waals surface area (Å²) in [5.74, 6) is -0.764. The van der Waals surface area contributed by atoms with Gasteiger partial charge in [-0.25, -0.2) is 0 Å². The fourth-order valence-corrected chi connectivity index (χ4v) is 2.82. The summed E-state index contributed by atoms with van der Waals surface area (Å²) >= 11 is 0. The molecule has 0 unspecified atom stereocenters. The summed E-state index contributed by atoms with van der Waals surface area (Å²) in [6, 6.07) is 0.106. The molecule has 0 N–H and O–H groups in total. The van der Waals surface area contributed by atoms with Gasteiger partial charge in [-0.3, -0.25) is 14.5 Å². The van der Waals surface area contributed by atoms with Gasteiger partial charge < -0.3 is 4.74 Å². The molecule has 4 nitrogen and oxygen atoms in total. The molecule has 0 aromatic carbocycles. The van der Waals surface area contributed by atoms with Crippen molar-refractivity contribution >= 4 is 11.8 Å². The van der Waals surface area contributed by atoms with E-state index in [1.165, 1.54) is 6.42 Å². The van der Waals surface area contributed by atoms with Crippen LogP contribution in [0.4, 0.5) is 0 Å². The monoisotopic (exact) mass is 225 g/mol. The van der Waals surface area contributed by atoms with E-state index < -0.39 is 5.92 Å². The lowest BCUT2D eigenvalue weighted by Gasteiger charge is -2.42. The molecule has 0 saturated carbocycles. The summed E-state index contributed by atoms with van der Waals surface area (Å²) in [5.41, 5.74) is 0. The van der Waals surface area contributed by atoms with Crippen molar-refractivity contribution in [3.05, 3.63) is 0 Å². The average molecular weight is 225 g/mol. The van der Waals surface area contributed by atoms with Gasteiger partial charge in [0.15, 0.2) is 0 Å². The highest BCUT2D eigenvalue weighted by molar-refractivity contribution is 6.00. The summed E-state index contributed by atoms with van der Waals surface area (Å²) in [7, 11) is 0. The van der Waals surface area contributed by atoms with Gasteiger partial charge in [-0.2, -0.15) is 0 Å². The number of fused-ring (bicyclic) bond motifs is 1. The zero-order valence-corrected chi connectivity index (χ0v) is 9.78. The van der Waals surface area contributed by atoms with Crippen molar-refractivity contribution in [2.45, 2.75) is 38.6 Å². The molecule has 2 atom stereocenters. The topological polar surface area (TPSA) is 46.6 Å². The summed E-state index contributed by atoms with van der Waals surface area (Å²) in [6.45, 7) is 3.98. The summed E-state index contributed by atoms with van der Waals surface area (Å²) in [5, 5.41) is 0. The van der Waals surface area contributed by atoms with Crippen molar-refractivity contribution in [1.29, 1.82) is 0 Å². The van der Waals surface area contributed by atoms with Crippen LogP contribution >= 0.6 is 0 Å². The zero-order chi connectivity index (χ0) is 11.5.